The highest BCUT2D eigenvalue weighted by Crippen LogP contribution is 2.20. The minimum Gasteiger partial charge on any atom is -0.325 e. The van der Waals surface area contributed by atoms with E-state index < -0.39 is 0 Å². The predicted octanol–water partition coefficient (Wildman–Crippen LogP) is 3.48. The number of aryl methyl sites for hydroxylation is 1. The van der Waals surface area contributed by atoms with Crippen LogP contribution >= 0.6 is 11.8 Å². The second kappa shape index (κ2) is 8.18. The molecule has 28 heavy (non-hydrogen) atoms. The van der Waals surface area contributed by atoms with Crippen LogP contribution in [0.1, 0.15) is 12.5 Å². The van der Waals surface area contributed by atoms with Crippen LogP contribution in [0.3, 0.4) is 0 Å². The summed E-state index contributed by atoms with van der Waals surface area (Å²) in [7, 11) is 0. The lowest BCUT2D eigenvalue weighted by atomic mass is 10.1. The molecule has 3 heterocycles. The Balaban J connectivity index is 1.45. The third kappa shape index (κ3) is 4.01. The first-order valence-electron chi connectivity index (χ1n) is 8.87. The number of nitrogens with one attached hydrogen (secondary N) is 1. The van der Waals surface area contributed by atoms with Crippen molar-refractivity contribution in [2.24, 2.45) is 0 Å². The van der Waals surface area contributed by atoms with Crippen molar-refractivity contribution in [3.63, 3.8) is 0 Å². The molecule has 0 spiro atoms. The highest BCUT2D eigenvalue weighted by atomic mass is 32.2. The van der Waals surface area contributed by atoms with Crippen LogP contribution in [0, 0.1) is 0 Å². The van der Waals surface area contributed by atoms with Crippen molar-refractivity contribution < 1.29 is 4.79 Å². The van der Waals surface area contributed by atoms with Crippen LogP contribution in [0.15, 0.2) is 66.0 Å². The Morgan fingerprint density at radius 3 is 2.57 bits per heavy atom. The van der Waals surface area contributed by atoms with E-state index in [-0.39, 0.29) is 11.7 Å². The van der Waals surface area contributed by atoms with Crippen LogP contribution in [-0.4, -0.2) is 36.5 Å². The molecule has 1 aromatic carbocycles. The summed E-state index contributed by atoms with van der Waals surface area (Å²) in [6.07, 6.45) is 4.38. The predicted molar refractivity (Wildman–Crippen MR) is 109 cm³/mol. The summed E-state index contributed by atoms with van der Waals surface area (Å²) in [5.41, 5.74) is 3.57. The molecule has 4 rings (SSSR count). The number of amides is 1. The molecular weight excluding hydrogens is 372 g/mol. The van der Waals surface area contributed by atoms with Crippen LogP contribution in [0.2, 0.25) is 0 Å². The van der Waals surface area contributed by atoms with Gasteiger partial charge in [0.2, 0.25) is 5.91 Å². The number of carbonyl (C=O) groups excluding carboxylic acids is 1. The first-order chi connectivity index (χ1) is 13.7. The summed E-state index contributed by atoms with van der Waals surface area (Å²) in [5.74, 6) is 0.829. The van der Waals surface area contributed by atoms with Gasteiger partial charge in [-0.1, -0.05) is 30.8 Å². The fourth-order valence-electron chi connectivity index (χ4n) is 2.69. The van der Waals surface area contributed by atoms with Gasteiger partial charge in [-0.25, -0.2) is 0 Å². The van der Waals surface area contributed by atoms with Crippen LogP contribution in [-0.2, 0) is 11.2 Å². The van der Waals surface area contributed by atoms with Crippen molar-refractivity contribution >= 4 is 29.0 Å². The summed E-state index contributed by atoms with van der Waals surface area (Å²) in [4.78, 5) is 16.3. The van der Waals surface area contributed by atoms with Gasteiger partial charge in [-0.05, 0) is 48.4 Å². The smallest absolute Gasteiger partial charge is 0.234 e. The monoisotopic (exact) mass is 390 g/mol. The number of pyridine rings is 1. The summed E-state index contributed by atoms with van der Waals surface area (Å²) in [6, 6.07) is 15.3. The number of anilines is 1. The quantitative estimate of drug-likeness (QED) is 0.507. The molecule has 0 saturated heterocycles. The number of benzene rings is 1. The van der Waals surface area contributed by atoms with Gasteiger partial charge in [0.05, 0.1) is 5.75 Å². The Kier molecular flexibility index (Phi) is 5.29. The van der Waals surface area contributed by atoms with Gasteiger partial charge in [0.1, 0.15) is 5.03 Å². The summed E-state index contributed by atoms with van der Waals surface area (Å²) >= 11 is 1.37. The fraction of sp³-hybridized carbons (Fsp3) is 0.150. The highest BCUT2D eigenvalue weighted by Gasteiger charge is 2.11. The molecule has 0 radical (unpaired) electrons. The van der Waals surface area contributed by atoms with Gasteiger partial charge in [0.25, 0.3) is 0 Å². The standard InChI is InChI=1S/C20H18N6OS/c1-2-14-3-5-16(6-4-14)22-18(27)13-28-19-8-7-17-23-24-20(26(17)25-19)15-9-11-21-12-10-15/h3-12H,2,13H2,1H3,(H,22,27). The van der Waals surface area contributed by atoms with Crippen LogP contribution in [0.25, 0.3) is 17.0 Å². The van der Waals surface area contributed by atoms with Gasteiger partial charge in [-0.2, -0.15) is 9.61 Å². The Hall–Kier alpha value is -3.26. The molecule has 0 bridgehead atoms. The van der Waals surface area contributed by atoms with Gasteiger partial charge in [0.15, 0.2) is 11.5 Å². The summed E-state index contributed by atoms with van der Waals surface area (Å²) < 4.78 is 1.68. The molecule has 4 aromatic rings. The van der Waals surface area contributed by atoms with Crippen molar-refractivity contribution in [3.8, 4) is 11.4 Å². The topological polar surface area (TPSA) is 85.1 Å². The molecule has 0 fully saturated rings. The molecule has 0 aliphatic heterocycles. The van der Waals surface area contributed by atoms with Crippen molar-refractivity contribution in [3.05, 3.63) is 66.5 Å². The first kappa shape index (κ1) is 18.1. The second-order valence-electron chi connectivity index (χ2n) is 6.09. The second-order valence-corrected chi connectivity index (χ2v) is 7.08. The molecule has 0 aliphatic rings. The van der Waals surface area contributed by atoms with E-state index in [1.54, 1.807) is 16.9 Å². The molecule has 8 heteroatoms. The van der Waals surface area contributed by atoms with E-state index in [0.29, 0.717) is 11.5 Å². The van der Waals surface area contributed by atoms with Crippen LogP contribution in [0.5, 0.6) is 0 Å². The Labute approximate surface area is 166 Å². The zero-order chi connectivity index (χ0) is 19.3. The summed E-state index contributed by atoms with van der Waals surface area (Å²) in [5, 5.41) is 16.5. The average molecular weight is 390 g/mol. The Morgan fingerprint density at radius 2 is 1.82 bits per heavy atom. The van der Waals surface area contributed by atoms with Gasteiger partial charge in [-0.3, -0.25) is 9.78 Å². The Morgan fingerprint density at radius 1 is 1.04 bits per heavy atom. The maximum atomic E-state index is 12.2. The zero-order valence-corrected chi connectivity index (χ0v) is 16.1. The van der Waals surface area contributed by atoms with Crippen molar-refractivity contribution in [1.82, 2.24) is 24.8 Å². The van der Waals surface area contributed by atoms with E-state index in [4.69, 9.17) is 0 Å². The number of hydrogen-bond acceptors (Lipinski definition) is 6. The molecule has 0 saturated carbocycles. The number of aromatic nitrogens is 5. The number of rotatable bonds is 6. The van der Waals surface area contributed by atoms with E-state index in [9.17, 15) is 4.79 Å². The fourth-order valence-corrected chi connectivity index (χ4v) is 3.35. The molecular formula is C20H18N6OS. The number of nitrogens with zero attached hydrogens (tertiary/aromatic N) is 5. The number of carbonyl (C=O) groups is 1. The lowest BCUT2D eigenvalue weighted by Crippen LogP contribution is -2.14. The minimum absolute atomic E-state index is 0.0748. The third-order valence-corrected chi connectivity index (χ3v) is 5.09. The molecule has 0 atom stereocenters. The zero-order valence-electron chi connectivity index (χ0n) is 15.2. The minimum atomic E-state index is -0.0748. The SMILES string of the molecule is CCc1ccc(NC(=O)CSc2ccc3nnc(-c4ccncc4)n3n2)cc1. The van der Waals surface area contributed by atoms with Gasteiger partial charge < -0.3 is 5.32 Å². The van der Waals surface area contributed by atoms with E-state index >= 15 is 0 Å². The molecule has 0 unspecified atom stereocenters. The van der Waals surface area contributed by atoms with E-state index in [1.165, 1.54) is 17.3 Å². The Bertz CT molecular complexity index is 1090. The first-order valence-corrected chi connectivity index (χ1v) is 9.86. The number of hydrogen-bond donors (Lipinski definition) is 1. The lowest BCUT2D eigenvalue weighted by Gasteiger charge is -2.06. The molecule has 3 aromatic heterocycles. The molecule has 0 aliphatic carbocycles. The van der Waals surface area contributed by atoms with Gasteiger partial charge in [0, 0.05) is 23.6 Å². The van der Waals surface area contributed by atoms with Crippen molar-refractivity contribution in [2.75, 3.05) is 11.1 Å². The van der Waals surface area contributed by atoms with Crippen molar-refractivity contribution in [1.29, 1.82) is 0 Å². The average Bonchev–Trinajstić information content (AvgIpc) is 3.17. The van der Waals surface area contributed by atoms with E-state index in [2.05, 4.69) is 32.5 Å². The van der Waals surface area contributed by atoms with Crippen LogP contribution < -0.4 is 5.32 Å². The van der Waals surface area contributed by atoms with Crippen LogP contribution in [0.4, 0.5) is 5.69 Å². The summed E-state index contributed by atoms with van der Waals surface area (Å²) in [6.45, 7) is 2.10. The normalized spacial score (nSPS) is 10.9. The highest BCUT2D eigenvalue weighted by molar-refractivity contribution is 7.99. The molecule has 7 nitrogen and oxygen atoms in total. The molecule has 140 valence electrons. The van der Waals surface area contributed by atoms with Gasteiger partial charge >= 0.3 is 0 Å². The maximum absolute atomic E-state index is 12.2. The largest absolute Gasteiger partial charge is 0.325 e. The lowest BCUT2D eigenvalue weighted by molar-refractivity contribution is -0.113. The molecule has 1 amide bonds. The number of thioether (sulfide) groups is 1. The number of fused-ring (bicyclic) bond motifs is 1. The maximum Gasteiger partial charge on any atom is 0.234 e. The van der Waals surface area contributed by atoms with Gasteiger partial charge in [-0.15, -0.1) is 10.2 Å². The van der Waals surface area contributed by atoms with E-state index in [1.807, 2.05) is 48.5 Å². The third-order valence-electron chi connectivity index (χ3n) is 4.17. The molecule has 1 N–H and O–H groups in total. The van der Waals surface area contributed by atoms with E-state index in [0.717, 1.165) is 22.7 Å². The van der Waals surface area contributed by atoms with Crippen molar-refractivity contribution in [2.45, 2.75) is 18.4 Å².